The number of carbonyl (C=O) groups excluding carboxylic acids is 2. The SMILES string of the molecule is CC[C@@H](CC(=O)NC1COCC1C(=O)O)NC(=O)OCC1c2ccccc2-c2ccccc21. The van der Waals surface area contributed by atoms with Gasteiger partial charge in [0.05, 0.1) is 19.3 Å². The third kappa shape index (κ3) is 5.01. The van der Waals surface area contributed by atoms with Gasteiger partial charge in [-0.1, -0.05) is 55.5 Å². The zero-order valence-corrected chi connectivity index (χ0v) is 18.5. The van der Waals surface area contributed by atoms with Gasteiger partial charge in [-0.25, -0.2) is 4.79 Å². The Morgan fingerprint density at radius 2 is 1.70 bits per heavy atom. The largest absolute Gasteiger partial charge is 0.481 e. The molecule has 174 valence electrons. The summed E-state index contributed by atoms with van der Waals surface area (Å²) >= 11 is 0. The van der Waals surface area contributed by atoms with Gasteiger partial charge in [-0.15, -0.1) is 0 Å². The van der Waals surface area contributed by atoms with Crippen molar-refractivity contribution in [3.8, 4) is 11.1 Å². The highest BCUT2D eigenvalue weighted by molar-refractivity contribution is 5.80. The minimum atomic E-state index is -0.999. The van der Waals surface area contributed by atoms with Crippen molar-refractivity contribution in [2.75, 3.05) is 19.8 Å². The lowest BCUT2D eigenvalue weighted by Gasteiger charge is -2.20. The molecule has 0 bridgehead atoms. The molecule has 1 aliphatic heterocycles. The van der Waals surface area contributed by atoms with Crippen molar-refractivity contribution >= 4 is 18.0 Å². The van der Waals surface area contributed by atoms with E-state index in [0.717, 1.165) is 22.3 Å². The van der Waals surface area contributed by atoms with E-state index in [0.29, 0.717) is 6.42 Å². The molecule has 0 saturated carbocycles. The van der Waals surface area contributed by atoms with Crippen LogP contribution in [0.25, 0.3) is 11.1 Å². The Labute approximate surface area is 192 Å². The lowest BCUT2D eigenvalue weighted by molar-refractivity contribution is -0.142. The van der Waals surface area contributed by atoms with E-state index in [1.165, 1.54) is 0 Å². The van der Waals surface area contributed by atoms with Gasteiger partial charge in [-0.3, -0.25) is 9.59 Å². The maximum Gasteiger partial charge on any atom is 0.407 e. The Morgan fingerprint density at radius 1 is 1.06 bits per heavy atom. The van der Waals surface area contributed by atoms with Crippen molar-refractivity contribution < 1.29 is 29.0 Å². The molecule has 1 fully saturated rings. The number of fused-ring (bicyclic) bond motifs is 3. The van der Waals surface area contributed by atoms with Crippen LogP contribution < -0.4 is 10.6 Å². The number of nitrogens with one attached hydrogen (secondary N) is 2. The molecule has 3 N–H and O–H groups in total. The van der Waals surface area contributed by atoms with Crippen LogP contribution in [0.15, 0.2) is 48.5 Å². The summed E-state index contributed by atoms with van der Waals surface area (Å²) in [4.78, 5) is 36.2. The topological polar surface area (TPSA) is 114 Å². The number of alkyl carbamates (subject to hydrolysis) is 1. The normalized spacial score (nSPS) is 19.9. The summed E-state index contributed by atoms with van der Waals surface area (Å²) < 4.78 is 10.7. The fourth-order valence-corrected chi connectivity index (χ4v) is 4.53. The molecule has 2 aromatic rings. The highest BCUT2D eigenvalue weighted by Crippen LogP contribution is 2.44. The van der Waals surface area contributed by atoms with Gasteiger partial charge in [0.25, 0.3) is 0 Å². The zero-order chi connectivity index (χ0) is 23.4. The first kappa shape index (κ1) is 22.8. The van der Waals surface area contributed by atoms with Crippen LogP contribution in [0.3, 0.4) is 0 Å². The number of carboxylic acid groups (broad SMARTS) is 1. The molecule has 4 rings (SSSR count). The van der Waals surface area contributed by atoms with Crippen molar-refractivity contribution in [2.24, 2.45) is 5.92 Å². The van der Waals surface area contributed by atoms with Gasteiger partial charge in [-0.2, -0.15) is 0 Å². The molecule has 2 amide bonds. The monoisotopic (exact) mass is 452 g/mol. The van der Waals surface area contributed by atoms with Gasteiger partial charge in [0.15, 0.2) is 0 Å². The van der Waals surface area contributed by atoms with E-state index in [4.69, 9.17) is 9.47 Å². The van der Waals surface area contributed by atoms with Gasteiger partial charge in [-0.05, 0) is 28.7 Å². The number of hydrogen-bond acceptors (Lipinski definition) is 5. The Hall–Kier alpha value is -3.39. The number of benzene rings is 2. The molecule has 33 heavy (non-hydrogen) atoms. The first-order valence-electron chi connectivity index (χ1n) is 11.2. The summed E-state index contributed by atoms with van der Waals surface area (Å²) in [6.07, 6.45) is -0.0193. The summed E-state index contributed by atoms with van der Waals surface area (Å²) in [5.41, 5.74) is 4.57. The number of carboxylic acids is 1. The van der Waals surface area contributed by atoms with Gasteiger partial charge in [0, 0.05) is 18.4 Å². The fourth-order valence-electron chi connectivity index (χ4n) is 4.53. The first-order valence-corrected chi connectivity index (χ1v) is 11.2. The number of hydrogen-bond donors (Lipinski definition) is 3. The molecule has 1 aliphatic carbocycles. The minimum Gasteiger partial charge on any atom is -0.481 e. The van der Waals surface area contributed by atoms with E-state index in [2.05, 4.69) is 34.9 Å². The quantitative estimate of drug-likeness (QED) is 0.568. The van der Waals surface area contributed by atoms with E-state index in [-0.39, 0.29) is 38.1 Å². The Morgan fingerprint density at radius 3 is 2.30 bits per heavy atom. The van der Waals surface area contributed by atoms with E-state index in [1.807, 2.05) is 31.2 Å². The predicted molar refractivity (Wildman–Crippen MR) is 121 cm³/mol. The fraction of sp³-hybridized carbons (Fsp3) is 0.400. The van der Waals surface area contributed by atoms with Crippen LogP contribution in [0.4, 0.5) is 4.79 Å². The van der Waals surface area contributed by atoms with Crippen LogP contribution in [0.1, 0.15) is 36.8 Å². The van der Waals surface area contributed by atoms with Crippen LogP contribution in [0, 0.1) is 5.92 Å². The average Bonchev–Trinajstić information content (AvgIpc) is 3.40. The highest BCUT2D eigenvalue weighted by Gasteiger charge is 2.35. The molecule has 0 aromatic heterocycles. The second-order valence-electron chi connectivity index (χ2n) is 8.44. The van der Waals surface area contributed by atoms with Crippen molar-refractivity contribution in [3.63, 3.8) is 0 Å². The number of amides is 2. The highest BCUT2D eigenvalue weighted by atomic mass is 16.5. The molecule has 8 heteroatoms. The summed E-state index contributed by atoms with van der Waals surface area (Å²) in [6.45, 7) is 2.30. The predicted octanol–water partition coefficient (Wildman–Crippen LogP) is 2.91. The Balaban J connectivity index is 1.31. The molecule has 2 aliphatic rings. The molecular weight excluding hydrogens is 424 g/mol. The lowest BCUT2D eigenvalue weighted by Crippen LogP contribution is -2.45. The molecule has 0 spiro atoms. The smallest absolute Gasteiger partial charge is 0.407 e. The summed E-state index contributed by atoms with van der Waals surface area (Å²) in [5, 5.41) is 14.7. The molecular formula is C25H28N2O6. The Kier molecular flexibility index (Phi) is 6.93. The second-order valence-corrected chi connectivity index (χ2v) is 8.44. The second kappa shape index (κ2) is 10.0. The van der Waals surface area contributed by atoms with E-state index in [9.17, 15) is 19.5 Å². The lowest BCUT2D eigenvalue weighted by atomic mass is 9.98. The number of carbonyl (C=O) groups is 3. The maximum absolute atomic E-state index is 12.5. The van der Waals surface area contributed by atoms with E-state index < -0.39 is 30.1 Å². The molecule has 3 atom stereocenters. The van der Waals surface area contributed by atoms with Crippen LogP contribution in [-0.4, -0.2) is 55.0 Å². The molecule has 8 nitrogen and oxygen atoms in total. The standard InChI is InChI=1S/C25H28N2O6/c1-2-15(11-23(28)27-22-14-32-12-21(22)24(29)30)26-25(31)33-13-20-18-9-5-3-7-16(18)17-8-4-6-10-19(17)20/h3-10,15,20-22H,2,11-14H2,1H3,(H,26,31)(H,27,28)(H,29,30)/t15-,21?,22?/m0/s1. The van der Waals surface area contributed by atoms with Gasteiger partial charge in [0.2, 0.25) is 5.91 Å². The van der Waals surface area contributed by atoms with Crippen molar-refractivity contribution in [2.45, 2.75) is 37.8 Å². The zero-order valence-electron chi connectivity index (χ0n) is 18.5. The number of aliphatic carboxylic acids is 1. The van der Waals surface area contributed by atoms with E-state index in [1.54, 1.807) is 0 Å². The summed E-state index contributed by atoms with van der Waals surface area (Å²) in [5.74, 6) is -2.13. The summed E-state index contributed by atoms with van der Waals surface area (Å²) in [7, 11) is 0. The van der Waals surface area contributed by atoms with Crippen molar-refractivity contribution in [1.29, 1.82) is 0 Å². The van der Waals surface area contributed by atoms with Crippen molar-refractivity contribution in [1.82, 2.24) is 10.6 Å². The van der Waals surface area contributed by atoms with Crippen LogP contribution in [0.2, 0.25) is 0 Å². The summed E-state index contributed by atoms with van der Waals surface area (Å²) in [6, 6.07) is 15.2. The van der Waals surface area contributed by atoms with Crippen LogP contribution in [-0.2, 0) is 19.1 Å². The first-order chi connectivity index (χ1) is 16.0. The van der Waals surface area contributed by atoms with E-state index >= 15 is 0 Å². The molecule has 1 saturated heterocycles. The molecule has 2 aromatic carbocycles. The minimum absolute atomic E-state index is 0.0313. The van der Waals surface area contributed by atoms with Crippen LogP contribution >= 0.6 is 0 Å². The van der Waals surface area contributed by atoms with Gasteiger partial charge >= 0.3 is 12.1 Å². The van der Waals surface area contributed by atoms with Gasteiger partial charge in [0.1, 0.15) is 12.5 Å². The molecule has 1 heterocycles. The molecule has 0 radical (unpaired) electrons. The van der Waals surface area contributed by atoms with Crippen molar-refractivity contribution in [3.05, 3.63) is 59.7 Å². The van der Waals surface area contributed by atoms with Gasteiger partial charge < -0.3 is 25.2 Å². The third-order valence-electron chi connectivity index (χ3n) is 6.33. The molecule has 2 unspecified atom stereocenters. The number of ether oxygens (including phenoxy) is 2. The average molecular weight is 453 g/mol. The Bertz CT molecular complexity index is 994. The third-order valence-corrected chi connectivity index (χ3v) is 6.33. The number of rotatable bonds is 8. The maximum atomic E-state index is 12.5. The van der Waals surface area contributed by atoms with Crippen LogP contribution in [0.5, 0.6) is 0 Å².